The average molecular weight is 364 g/mol. The fourth-order valence-electron chi connectivity index (χ4n) is 2.81. The molecule has 0 aliphatic heterocycles. The van der Waals surface area contributed by atoms with Crippen LogP contribution in [-0.4, -0.2) is 50.0 Å². The highest BCUT2D eigenvalue weighted by atomic mass is 16.4. The normalized spacial score (nSPS) is 10.6. The molecule has 1 amide bonds. The van der Waals surface area contributed by atoms with Crippen molar-refractivity contribution in [3.05, 3.63) is 66.4 Å². The van der Waals surface area contributed by atoms with Crippen LogP contribution in [0.2, 0.25) is 0 Å². The highest BCUT2D eigenvalue weighted by molar-refractivity contribution is 5.98. The van der Waals surface area contributed by atoms with Gasteiger partial charge in [0.05, 0.1) is 12.1 Å². The Morgan fingerprint density at radius 2 is 1.67 bits per heavy atom. The lowest BCUT2D eigenvalue weighted by molar-refractivity contribution is -0.137. The number of carbonyl (C=O) groups is 2. The first-order valence-corrected chi connectivity index (χ1v) is 8.69. The van der Waals surface area contributed by atoms with Gasteiger partial charge in [-0.1, -0.05) is 53.7 Å². The van der Waals surface area contributed by atoms with Crippen molar-refractivity contribution >= 4 is 11.9 Å². The number of aliphatic carboxylic acids is 1. The molecule has 138 valence electrons. The van der Waals surface area contributed by atoms with Gasteiger partial charge in [-0.2, -0.15) is 0 Å². The highest BCUT2D eigenvalue weighted by Crippen LogP contribution is 2.26. The third-order valence-electron chi connectivity index (χ3n) is 4.19. The molecule has 0 radical (unpaired) electrons. The van der Waals surface area contributed by atoms with Gasteiger partial charge in [0.2, 0.25) is 0 Å². The van der Waals surface area contributed by atoms with Crippen LogP contribution >= 0.6 is 0 Å². The van der Waals surface area contributed by atoms with Crippen molar-refractivity contribution < 1.29 is 14.7 Å². The summed E-state index contributed by atoms with van der Waals surface area (Å²) in [6.07, 6.45) is -0.118. The first kappa shape index (κ1) is 18.3. The van der Waals surface area contributed by atoms with Gasteiger partial charge >= 0.3 is 5.97 Å². The molecule has 7 nitrogen and oxygen atoms in total. The van der Waals surface area contributed by atoms with Gasteiger partial charge in [0.15, 0.2) is 5.69 Å². The molecule has 0 spiro atoms. The summed E-state index contributed by atoms with van der Waals surface area (Å²) in [6, 6.07) is 18.9. The number of amides is 1. The van der Waals surface area contributed by atoms with Crippen LogP contribution in [0.3, 0.4) is 0 Å². The number of para-hydroxylation sites is 1. The van der Waals surface area contributed by atoms with Gasteiger partial charge in [-0.05, 0) is 19.1 Å². The summed E-state index contributed by atoms with van der Waals surface area (Å²) in [5.41, 5.74) is 2.39. The minimum absolute atomic E-state index is 0.118. The van der Waals surface area contributed by atoms with E-state index < -0.39 is 5.97 Å². The molecule has 1 N–H and O–H groups in total. The van der Waals surface area contributed by atoms with Crippen LogP contribution in [0.15, 0.2) is 60.7 Å². The van der Waals surface area contributed by atoms with Crippen LogP contribution < -0.4 is 0 Å². The maximum Gasteiger partial charge on any atom is 0.305 e. The quantitative estimate of drug-likeness (QED) is 0.696. The maximum absolute atomic E-state index is 13.0. The SMILES string of the molecule is CCN(CCC(=O)O)C(=O)c1nnn(-c2ccccc2)c1-c1ccccc1. The molecule has 0 aliphatic carbocycles. The van der Waals surface area contributed by atoms with Gasteiger partial charge in [-0.25, -0.2) is 4.68 Å². The third-order valence-corrected chi connectivity index (χ3v) is 4.19. The zero-order valence-electron chi connectivity index (χ0n) is 14.9. The van der Waals surface area contributed by atoms with E-state index in [9.17, 15) is 9.59 Å². The highest BCUT2D eigenvalue weighted by Gasteiger charge is 2.25. The summed E-state index contributed by atoms with van der Waals surface area (Å²) in [5, 5.41) is 17.3. The van der Waals surface area contributed by atoms with E-state index in [1.807, 2.05) is 67.6 Å². The van der Waals surface area contributed by atoms with E-state index in [2.05, 4.69) is 10.3 Å². The van der Waals surface area contributed by atoms with Gasteiger partial charge in [-0.3, -0.25) is 9.59 Å². The van der Waals surface area contributed by atoms with Crippen molar-refractivity contribution in [2.24, 2.45) is 0 Å². The summed E-state index contributed by atoms with van der Waals surface area (Å²) >= 11 is 0. The Bertz CT molecular complexity index is 923. The minimum Gasteiger partial charge on any atom is -0.481 e. The summed E-state index contributed by atoms with van der Waals surface area (Å²) in [7, 11) is 0. The Morgan fingerprint density at radius 3 is 2.26 bits per heavy atom. The molecule has 0 aliphatic rings. The van der Waals surface area contributed by atoms with Gasteiger partial charge in [-0.15, -0.1) is 5.10 Å². The van der Waals surface area contributed by atoms with E-state index in [1.54, 1.807) is 4.68 Å². The van der Waals surface area contributed by atoms with Crippen LogP contribution in [0.4, 0.5) is 0 Å². The van der Waals surface area contributed by atoms with Gasteiger partial charge in [0, 0.05) is 18.7 Å². The van der Waals surface area contributed by atoms with Crippen LogP contribution in [0.1, 0.15) is 23.8 Å². The lowest BCUT2D eigenvalue weighted by Gasteiger charge is -2.19. The molecule has 3 rings (SSSR count). The maximum atomic E-state index is 13.0. The number of nitrogens with zero attached hydrogens (tertiary/aromatic N) is 4. The number of carboxylic acid groups (broad SMARTS) is 1. The summed E-state index contributed by atoms with van der Waals surface area (Å²) in [5.74, 6) is -1.28. The minimum atomic E-state index is -0.947. The summed E-state index contributed by atoms with van der Waals surface area (Å²) in [6.45, 7) is 2.32. The van der Waals surface area contributed by atoms with Gasteiger partial charge in [0.25, 0.3) is 5.91 Å². The molecule has 7 heteroatoms. The standard InChI is InChI=1S/C20H20N4O3/c1-2-23(14-13-17(25)26)20(27)18-19(15-9-5-3-6-10-15)24(22-21-18)16-11-7-4-8-12-16/h3-12H,2,13-14H2,1H3,(H,25,26). The molecule has 0 atom stereocenters. The summed E-state index contributed by atoms with van der Waals surface area (Å²) < 4.78 is 1.63. The molecule has 1 aromatic heterocycles. The molecular formula is C20H20N4O3. The molecule has 2 aromatic carbocycles. The van der Waals surface area contributed by atoms with E-state index in [1.165, 1.54) is 4.90 Å². The average Bonchev–Trinajstić information content (AvgIpc) is 3.14. The van der Waals surface area contributed by atoms with E-state index in [4.69, 9.17) is 5.11 Å². The van der Waals surface area contributed by atoms with Crippen LogP contribution in [-0.2, 0) is 4.79 Å². The second-order valence-corrected chi connectivity index (χ2v) is 5.93. The van der Waals surface area contributed by atoms with Crippen molar-refractivity contribution in [2.45, 2.75) is 13.3 Å². The molecule has 0 bridgehead atoms. The first-order chi connectivity index (χ1) is 13.1. The zero-order valence-corrected chi connectivity index (χ0v) is 14.9. The van der Waals surface area contributed by atoms with Crippen LogP contribution in [0.5, 0.6) is 0 Å². The number of aromatic nitrogens is 3. The summed E-state index contributed by atoms with van der Waals surface area (Å²) in [4.78, 5) is 25.4. The molecular weight excluding hydrogens is 344 g/mol. The van der Waals surface area contributed by atoms with Crippen molar-refractivity contribution in [2.75, 3.05) is 13.1 Å². The molecule has 27 heavy (non-hydrogen) atoms. The molecule has 0 unspecified atom stereocenters. The van der Waals surface area contributed by atoms with E-state index >= 15 is 0 Å². The first-order valence-electron chi connectivity index (χ1n) is 8.69. The number of hydrogen-bond donors (Lipinski definition) is 1. The van der Waals surface area contributed by atoms with Crippen molar-refractivity contribution in [3.63, 3.8) is 0 Å². The second kappa shape index (κ2) is 8.27. The second-order valence-electron chi connectivity index (χ2n) is 5.93. The van der Waals surface area contributed by atoms with Gasteiger partial charge in [0.1, 0.15) is 5.69 Å². The Hall–Kier alpha value is -3.48. The Balaban J connectivity index is 2.06. The number of carbonyl (C=O) groups excluding carboxylic acids is 1. The lowest BCUT2D eigenvalue weighted by Crippen LogP contribution is -2.33. The largest absolute Gasteiger partial charge is 0.481 e. The van der Waals surface area contributed by atoms with Crippen molar-refractivity contribution in [1.82, 2.24) is 19.9 Å². The third kappa shape index (κ3) is 4.03. The molecule has 0 fully saturated rings. The number of hydrogen-bond acceptors (Lipinski definition) is 4. The number of benzene rings is 2. The smallest absolute Gasteiger partial charge is 0.305 e. The fourth-order valence-corrected chi connectivity index (χ4v) is 2.81. The molecule has 1 heterocycles. The fraction of sp³-hybridized carbons (Fsp3) is 0.200. The van der Waals surface area contributed by atoms with Gasteiger partial charge < -0.3 is 10.0 Å². The number of rotatable bonds is 7. The van der Waals surface area contributed by atoms with Crippen molar-refractivity contribution in [3.8, 4) is 16.9 Å². The topological polar surface area (TPSA) is 88.3 Å². The molecule has 3 aromatic rings. The van der Waals surface area contributed by atoms with Crippen molar-refractivity contribution in [1.29, 1.82) is 0 Å². The van der Waals surface area contributed by atoms with E-state index in [0.29, 0.717) is 12.2 Å². The van der Waals surface area contributed by atoms with Crippen LogP contribution in [0, 0.1) is 0 Å². The lowest BCUT2D eigenvalue weighted by atomic mass is 10.1. The zero-order chi connectivity index (χ0) is 19.2. The number of carboxylic acids is 1. The Labute approximate surface area is 156 Å². The Morgan fingerprint density at radius 1 is 1.04 bits per heavy atom. The molecule has 0 saturated heterocycles. The van der Waals surface area contributed by atoms with E-state index in [-0.39, 0.29) is 24.6 Å². The molecule has 0 saturated carbocycles. The van der Waals surface area contributed by atoms with Crippen LogP contribution in [0.25, 0.3) is 16.9 Å². The predicted molar refractivity (Wildman–Crippen MR) is 101 cm³/mol. The monoisotopic (exact) mass is 364 g/mol. The Kier molecular flexibility index (Phi) is 5.61. The predicted octanol–water partition coefficient (Wildman–Crippen LogP) is 2.87. The van der Waals surface area contributed by atoms with E-state index in [0.717, 1.165) is 11.3 Å².